The van der Waals surface area contributed by atoms with Gasteiger partial charge in [-0.05, 0) is 80.8 Å². The number of rotatable bonds is 6. The number of fused-ring (bicyclic) bond motifs is 2. The van der Waals surface area contributed by atoms with E-state index < -0.39 is 8.32 Å². The zero-order valence-corrected chi connectivity index (χ0v) is 22.1. The summed E-state index contributed by atoms with van der Waals surface area (Å²) in [5.74, 6) is 8.42. The lowest BCUT2D eigenvalue weighted by molar-refractivity contribution is -0.111. The van der Waals surface area contributed by atoms with Crippen LogP contribution in [0.2, 0.25) is 18.1 Å². The Bertz CT molecular complexity index is 683. The zero-order chi connectivity index (χ0) is 22.4. The molecule has 3 nitrogen and oxygen atoms in total. The molecule has 30 heavy (non-hydrogen) atoms. The molecule has 3 fully saturated rings. The van der Waals surface area contributed by atoms with Gasteiger partial charge in [-0.3, -0.25) is 0 Å². The smallest absolute Gasteiger partial charge is 0.192 e. The van der Waals surface area contributed by atoms with Crippen molar-refractivity contribution in [1.29, 1.82) is 0 Å². The number of ether oxygens (including phenoxy) is 2. The summed E-state index contributed by atoms with van der Waals surface area (Å²) in [7, 11) is -0.0675. The predicted molar refractivity (Wildman–Crippen MR) is 127 cm³/mol. The molecule has 0 aromatic rings. The van der Waals surface area contributed by atoms with Gasteiger partial charge in [-0.15, -0.1) is 5.92 Å². The summed E-state index contributed by atoms with van der Waals surface area (Å²) in [5.41, 5.74) is 0.595. The predicted octanol–water partition coefficient (Wildman–Crippen LogP) is 6.78. The fourth-order valence-corrected chi connectivity index (χ4v) is 7.44. The molecule has 3 aliphatic carbocycles. The minimum atomic E-state index is -1.73. The summed E-state index contributed by atoms with van der Waals surface area (Å²) in [6.07, 6.45) is 9.11. The van der Waals surface area contributed by atoms with E-state index >= 15 is 0 Å². The molecule has 0 unspecified atom stereocenters. The molecular weight excluding hydrogens is 388 g/mol. The second-order valence-electron chi connectivity index (χ2n) is 12.6. The molecule has 5 atom stereocenters. The van der Waals surface area contributed by atoms with Crippen LogP contribution in [0.15, 0.2) is 0 Å². The second-order valence-corrected chi connectivity index (χ2v) is 17.3. The fourth-order valence-electron chi connectivity index (χ4n) is 6.04. The Balaban J connectivity index is 1.68. The first-order chi connectivity index (χ1) is 13.8. The Morgan fingerprint density at radius 2 is 1.77 bits per heavy atom. The largest absolute Gasteiger partial charge is 0.414 e. The van der Waals surface area contributed by atoms with Crippen molar-refractivity contribution < 1.29 is 13.9 Å². The normalized spacial score (nSPS) is 36.4. The maximum atomic E-state index is 7.02. The monoisotopic (exact) mass is 434 g/mol. The lowest BCUT2D eigenvalue weighted by atomic mass is 9.62. The van der Waals surface area contributed by atoms with Gasteiger partial charge in [0.25, 0.3) is 0 Å². The maximum Gasteiger partial charge on any atom is 0.192 e. The first-order valence-electron chi connectivity index (χ1n) is 12.1. The van der Waals surface area contributed by atoms with Crippen LogP contribution in [0.1, 0.15) is 86.5 Å². The van der Waals surface area contributed by atoms with Crippen LogP contribution in [-0.4, -0.2) is 33.9 Å². The van der Waals surface area contributed by atoms with Crippen LogP contribution in [0.3, 0.4) is 0 Å². The number of hydrogen-bond donors (Lipinski definition) is 0. The molecule has 0 amide bonds. The zero-order valence-electron chi connectivity index (χ0n) is 21.1. The van der Waals surface area contributed by atoms with Gasteiger partial charge in [0.2, 0.25) is 0 Å². The van der Waals surface area contributed by atoms with Crippen LogP contribution >= 0.6 is 0 Å². The Morgan fingerprint density at radius 3 is 2.40 bits per heavy atom. The van der Waals surface area contributed by atoms with E-state index in [2.05, 4.69) is 66.5 Å². The minimum absolute atomic E-state index is 0.250. The second kappa shape index (κ2) is 8.21. The minimum Gasteiger partial charge on any atom is -0.414 e. The lowest BCUT2D eigenvalue weighted by Crippen LogP contribution is -2.50. The number of hydrogen-bond acceptors (Lipinski definition) is 3. The Kier molecular flexibility index (Phi) is 6.65. The molecule has 0 bridgehead atoms. The van der Waals surface area contributed by atoms with Crippen LogP contribution in [0.25, 0.3) is 0 Å². The van der Waals surface area contributed by atoms with E-state index in [0.717, 1.165) is 6.42 Å². The Hall–Kier alpha value is -0.343. The third kappa shape index (κ3) is 4.42. The fraction of sp³-hybridized carbons (Fsp3) is 0.923. The van der Waals surface area contributed by atoms with E-state index in [0.29, 0.717) is 35.6 Å². The molecule has 0 aromatic heterocycles. The van der Waals surface area contributed by atoms with E-state index in [-0.39, 0.29) is 10.6 Å². The van der Waals surface area contributed by atoms with Gasteiger partial charge in [-0.2, -0.15) is 0 Å². The third-order valence-corrected chi connectivity index (χ3v) is 13.7. The summed E-state index contributed by atoms with van der Waals surface area (Å²) in [5, 5.41) is 0.280. The molecule has 3 saturated carbocycles. The van der Waals surface area contributed by atoms with Crippen LogP contribution < -0.4 is 0 Å². The summed E-state index contributed by atoms with van der Waals surface area (Å²) in [6.45, 7) is 19.0. The van der Waals surface area contributed by atoms with E-state index in [1.165, 1.54) is 38.5 Å². The first kappa shape index (κ1) is 24.3. The highest BCUT2D eigenvalue weighted by Gasteiger charge is 2.70. The highest BCUT2D eigenvalue weighted by Crippen LogP contribution is 2.76. The molecule has 0 aromatic carbocycles. The van der Waals surface area contributed by atoms with Crippen molar-refractivity contribution in [2.45, 2.75) is 116 Å². The van der Waals surface area contributed by atoms with E-state index in [1.807, 2.05) is 0 Å². The summed E-state index contributed by atoms with van der Waals surface area (Å²) in [4.78, 5) is 0. The van der Waals surface area contributed by atoms with Gasteiger partial charge < -0.3 is 13.9 Å². The number of methoxy groups -OCH3 is 1. The molecule has 172 valence electrons. The van der Waals surface area contributed by atoms with E-state index in [4.69, 9.17) is 13.9 Å². The van der Waals surface area contributed by atoms with Crippen molar-refractivity contribution in [2.24, 2.45) is 22.7 Å². The molecular formula is C26H46O3Si. The van der Waals surface area contributed by atoms with Gasteiger partial charge in [-0.1, -0.05) is 40.0 Å². The van der Waals surface area contributed by atoms with Gasteiger partial charge in [-0.25, -0.2) is 0 Å². The van der Waals surface area contributed by atoms with E-state index in [1.54, 1.807) is 7.11 Å². The van der Waals surface area contributed by atoms with Crippen molar-refractivity contribution >= 4 is 8.32 Å². The van der Waals surface area contributed by atoms with Gasteiger partial charge in [0.1, 0.15) is 6.79 Å². The average Bonchev–Trinajstić information content (AvgIpc) is 3.24. The maximum absolute atomic E-state index is 7.02. The van der Waals surface area contributed by atoms with Crippen molar-refractivity contribution in [2.75, 3.05) is 13.9 Å². The summed E-state index contributed by atoms with van der Waals surface area (Å²) in [6, 6.07) is 0. The molecule has 4 heteroatoms. The standard InChI is InChI=1S/C26H46O3Si/c1-23(2,3)30(8,9)29-22-13-11-16-25(6)21(22)14-17-26(25)18-20(26)12-10-15-24(4,5)28-19-27-7/h20-22H,11,13-19H2,1-9H3/t20-,21+,22+,25+,26+/m1/s1. The van der Waals surface area contributed by atoms with Gasteiger partial charge >= 0.3 is 0 Å². The Labute approximate surface area is 187 Å². The lowest BCUT2D eigenvalue weighted by Gasteiger charge is -2.49. The van der Waals surface area contributed by atoms with Gasteiger partial charge in [0.05, 0.1) is 5.60 Å². The average molecular weight is 435 g/mol. The quantitative estimate of drug-likeness (QED) is 0.262. The molecule has 0 radical (unpaired) electrons. The van der Waals surface area contributed by atoms with E-state index in [9.17, 15) is 0 Å². The molecule has 0 saturated heterocycles. The van der Waals surface area contributed by atoms with Crippen molar-refractivity contribution in [3.05, 3.63) is 0 Å². The highest BCUT2D eigenvalue weighted by atomic mass is 28.4. The van der Waals surface area contributed by atoms with Crippen LogP contribution in [0.4, 0.5) is 0 Å². The molecule has 1 spiro atoms. The Morgan fingerprint density at radius 1 is 1.07 bits per heavy atom. The van der Waals surface area contributed by atoms with Crippen molar-refractivity contribution in [3.8, 4) is 11.8 Å². The molecule has 0 N–H and O–H groups in total. The molecule has 3 aliphatic rings. The van der Waals surface area contributed by atoms with Crippen LogP contribution in [0.5, 0.6) is 0 Å². The molecule has 3 rings (SSSR count). The highest BCUT2D eigenvalue weighted by molar-refractivity contribution is 6.74. The summed E-state index contributed by atoms with van der Waals surface area (Å²) >= 11 is 0. The van der Waals surface area contributed by atoms with Crippen molar-refractivity contribution in [1.82, 2.24) is 0 Å². The van der Waals surface area contributed by atoms with Crippen LogP contribution in [0, 0.1) is 34.5 Å². The SMILES string of the molecule is COCOC(C)(C)CC#C[C@@H]1C[C@@]12CC[C@H]1[C@@H](O[Si](C)(C)C(C)(C)C)CCC[C@@]12C. The van der Waals surface area contributed by atoms with Gasteiger partial charge in [0, 0.05) is 25.6 Å². The third-order valence-electron chi connectivity index (χ3n) is 9.18. The van der Waals surface area contributed by atoms with Gasteiger partial charge in [0.15, 0.2) is 8.32 Å². The first-order valence-corrected chi connectivity index (χ1v) is 15.0. The molecule has 0 heterocycles. The topological polar surface area (TPSA) is 27.7 Å². The molecule has 0 aliphatic heterocycles. The summed E-state index contributed by atoms with van der Waals surface area (Å²) < 4.78 is 17.8. The van der Waals surface area contributed by atoms with Crippen molar-refractivity contribution in [3.63, 3.8) is 0 Å². The van der Waals surface area contributed by atoms with Crippen LogP contribution in [-0.2, 0) is 13.9 Å².